The minimum atomic E-state index is -1.02. The highest BCUT2D eigenvalue weighted by molar-refractivity contribution is 5.86. The van der Waals surface area contributed by atoms with E-state index in [2.05, 4.69) is 12.2 Å². The molecule has 0 radical (unpaired) electrons. The second-order valence-corrected chi connectivity index (χ2v) is 5.62. The molecule has 3 aliphatic rings. The van der Waals surface area contributed by atoms with Crippen LogP contribution in [0.3, 0.4) is 0 Å². The molecule has 0 aromatic carbocycles. The minimum absolute atomic E-state index is 0.0767. The summed E-state index contributed by atoms with van der Waals surface area (Å²) in [5.41, 5.74) is 0. The van der Waals surface area contributed by atoms with Crippen molar-refractivity contribution < 1.29 is 19.8 Å². The van der Waals surface area contributed by atoms with Gasteiger partial charge < -0.3 is 15.1 Å². The molecule has 1 heterocycles. The summed E-state index contributed by atoms with van der Waals surface area (Å²) in [5, 5.41) is 18.7. The number of nitrogens with zero attached hydrogens (tertiary/aromatic N) is 1. The maximum Gasteiger partial charge on any atom is 0.326 e. The second-order valence-electron chi connectivity index (χ2n) is 5.62. The first-order valence-electron chi connectivity index (χ1n) is 6.46. The van der Waals surface area contributed by atoms with Gasteiger partial charge in [-0.2, -0.15) is 0 Å². The Hall–Kier alpha value is -1.36. The van der Waals surface area contributed by atoms with Gasteiger partial charge in [0.15, 0.2) is 0 Å². The van der Waals surface area contributed by atoms with Crippen LogP contribution in [-0.2, 0) is 9.59 Å². The van der Waals surface area contributed by atoms with E-state index >= 15 is 0 Å². The van der Waals surface area contributed by atoms with E-state index in [9.17, 15) is 14.7 Å². The van der Waals surface area contributed by atoms with Crippen LogP contribution in [0.15, 0.2) is 12.2 Å². The number of carboxylic acid groups (broad SMARTS) is 1. The van der Waals surface area contributed by atoms with Crippen LogP contribution in [-0.4, -0.2) is 45.7 Å². The molecule has 5 unspecified atom stereocenters. The first-order chi connectivity index (χ1) is 8.56. The zero-order valence-corrected chi connectivity index (χ0v) is 10.0. The zero-order chi connectivity index (χ0) is 12.9. The number of aliphatic hydroxyl groups is 1. The average Bonchev–Trinajstić information content (AvgIpc) is 3.01. The lowest BCUT2D eigenvalue weighted by atomic mass is 9.92. The van der Waals surface area contributed by atoms with Crippen LogP contribution < -0.4 is 0 Å². The van der Waals surface area contributed by atoms with Crippen LogP contribution in [0.2, 0.25) is 0 Å². The van der Waals surface area contributed by atoms with Gasteiger partial charge in [0, 0.05) is 18.9 Å². The van der Waals surface area contributed by atoms with Crippen LogP contribution in [0.5, 0.6) is 0 Å². The first-order valence-corrected chi connectivity index (χ1v) is 6.46. The summed E-state index contributed by atoms with van der Waals surface area (Å²) in [7, 11) is 0. The molecule has 1 amide bonds. The van der Waals surface area contributed by atoms with Crippen molar-refractivity contribution in [2.45, 2.75) is 31.4 Å². The van der Waals surface area contributed by atoms with Crippen LogP contribution in [0.4, 0.5) is 0 Å². The van der Waals surface area contributed by atoms with Gasteiger partial charge in [0.2, 0.25) is 5.91 Å². The fraction of sp³-hybridized carbons (Fsp3) is 0.692. The molecule has 1 aliphatic heterocycles. The summed E-state index contributed by atoms with van der Waals surface area (Å²) >= 11 is 0. The molecule has 3 rings (SSSR count). The molecule has 18 heavy (non-hydrogen) atoms. The van der Waals surface area contributed by atoms with E-state index in [1.165, 1.54) is 4.90 Å². The van der Waals surface area contributed by atoms with Gasteiger partial charge in [-0.3, -0.25) is 4.79 Å². The van der Waals surface area contributed by atoms with Crippen molar-refractivity contribution in [3.8, 4) is 0 Å². The van der Waals surface area contributed by atoms with Gasteiger partial charge in [-0.1, -0.05) is 12.2 Å². The largest absolute Gasteiger partial charge is 0.480 e. The van der Waals surface area contributed by atoms with E-state index in [-0.39, 0.29) is 30.7 Å². The van der Waals surface area contributed by atoms with E-state index in [4.69, 9.17) is 5.11 Å². The van der Waals surface area contributed by atoms with Crippen molar-refractivity contribution in [1.82, 2.24) is 4.90 Å². The van der Waals surface area contributed by atoms with Crippen LogP contribution >= 0.6 is 0 Å². The SMILES string of the molecule is O=C(O)C1CC(O)CN1C(=O)C1CC2C=CC1C2. The third kappa shape index (κ3) is 1.73. The number of carbonyl (C=O) groups excluding carboxylic acids is 1. The monoisotopic (exact) mass is 251 g/mol. The Labute approximate surface area is 105 Å². The maximum atomic E-state index is 12.4. The fourth-order valence-corrected chi connectivity index (χ4v) is 3.57. The van der Waals surface area contributed by atoms with Gasteiger partial charge in [-0.05, 0) is 24.7 Å². The van der Waals surface area contributed by atoms with Gasteiger partial charge in [0.1, 0.15) is 6.04 Å². The fourth-order valence-electron chi connectivity index (χ4n) is 3.57. The number of fused-ring (bicyclic) bond motifs is 2. The standard InChI is InChI=1S/C13H17NO4/c15-9-5-11(13(17)18)14(6-9)12(16)10-4-7-1-2-8(10)3-7/h1-2,7-11,15H,3-6H2,(H,17,18). The molecule has 2 fully saturated rings. The number of amides is 1. The minimum Gasteiger partial charge on any atom is -0.480 e. The summed E-state index contributed by atoms with van der Waals surface area (Å²) in [6.45, 7) is 0.160. The van der Waals surface area contributed by atoms with E-state index in [1.807, 2.05) is 0 Å². The van der Waals surface area contributed by atoms with Crippen molar-refractivity contribution in [1.29, 1.82) is 0 Å². The molecule has 1 saturated carbocycles. The normalized spacial score (nSPS) is 41.6. The first kappa shape index (κ1) is 11.7. The van der Waals surface area contributed by atoms with Crippen molar-refractivity contribution in [3.05, 3.63) is 12.2 Å². The summed E-state index contributed by atoms with van der Waals surface area (Å²) < 4.78 is 0. The number of hydrogen-bond donors (Lipinski definition) is 2. The molecule has 0 spiro atoms. The third-order valence-corrected chi connectivity index (χ3v) is 4.44. The Balaban J connectivity index is 1.76. The number of hydrogen-bond acceptors (Lipinski definition) is 3. The van der Waals surface area contributed by atoms with Gasteiger partial charge >= 0.3 is 5.97 Å². The van der Waals surface area contributed by atoms with E-state index in [1.54, 1.807) is 0 Å². The molecule has 98 valence electrons. The lowest BCUT2D eigenvalue weighted by Crippen LogP contribution is -2.44. The van der Waals surface area contributed by atoms with E-state index < -0.39 is 18.1 Å². The average molecular weight is 251 g/mol. The number of aliphatic hydroxyl groups excluding tert-OH is 1. The van der Waals surface area contributed by atoms with Gasteiger partial charge in [0.05, 0.1) is 6.10 Å². The third-order valence-electron chi connectivity index (χ3n) is 4.44. The molecule has 0 aromatic heterocycles. The van der Waals surface area contributed by atoms with Crippen LogP contribution in [0.1, 0.15) is 19.3 Å². The lowest BCUT2D eigenvalue weighted by Gasteiger charge is -2.27. The Morgan fingerprint density at radius 3 is 2.50 bits per heavy atom. The quantitative estimate of drug-likeness (QED) is 0.689. The highest BCUT2D eigenvalue weighted by Crippen LogP contribution is 2.44. The van der Waals surface area contributed by atoms with E-state index in [0.29, 0.717) is 5.92 Å². The molecular formula is C13H17NO4. The molecule has 2 aliphatic carbocycles. The Bertz CT molecular complexity index is 419. The smallest absolute Gasteiger partial charge is 0.326 e. The predicted molar refractivity (Wildman–Crippen MR) is 62.6 cm³/mol. The Kier molecular flexibility index (Phi) is 2.66. The summed E-state index contributed by atoms with van der Waals surface area (Å²) in [5.74, 6) is -0.420. The summed E-state index contributed by atoms with van der Waals surface area (Å²) in [6, 6.07) is -0.851. The highest BCUT2D eigenvalue weighted by atomic mass is 16.4. The number of rotatable bonds is 2. The van der Waals surface area contributed by atoms with Gasteiger partial charge in [0.25, 0.3) is 0 Å². The molecule has 1 saturated heterocycles. The van der Waals surface area contributed by atoms with Crippen molar-refractivity contribution in [2.24, 2.45) is 17.8 Å². The predicted octanol–water partition coefficient (Wildman–Crippen LogP) is 0.245. The van der Waals surface area contributed by atoms with Crippen LogP contribution in [0, 0.1) is 17.8 Å². The number of β-amino-alcohol motifs (C(OH)–C–C–N with tert-alkyl or cyclic N) is 1. The lowest BCUT2D eigenvalue weighted by molar-refractivity contribution is -0.150. The topological polar surface area (TPSA) is 77.8 Å². The van der Waals surface area contributed by atoms with E-state index in [0.717, 1.165) is 12.8 Å². The van der Waals surface area contributed by atoms with Gasteiger partial charge in [-0.25, -0.2) is 4.79 Å². The zero-order valence-electron chi connectivity index (χ0n) is 10.0. The number of likely N-dealkylation sites (tertiary alicyclic amines) is 1. The molecule has 5 heteroatoms. The summed E-state index contributed by atoms with van der Waals surface area (Å²) in [4.78, 5) is 24.9. The highest BCUT2D eigenvalue weighted by Gasteiger charge is 2.46. The maximum absolute atomic E-state index is 12.4. The molecule has 2 bridgehead atoms. The molecular weight excluding hydrogens is 234 g/mol. The Morgan fingerprint density at radius 2 is 1.94 bits per heavy atom. The molecule has 0 aromatic rings. The Morgan fingerprint density at radius 1 is 1.17 bits per heavy atom. The number of allylic oxidation sites excluding steroid dienone is 2. The second kappa shape index (κ2) is 4.09. The number of aliphatic carboxylic acids is 1. The van der Waals surface area contributed by atoms with Crippen molar-refractivity contribution in [2.75, 3.05) is 6.54 Å². The van der Waals surface area contributed by atoms with Crippen molar-refractivity contribution in [3.63, 3.8) is 0 Å². The summed E-state index contributed by atoms with van der Waals surface area (Å²) in [6.07, 6.45) is 5.53. The van der Waals surface area contributed by atoms with Crippen molar-refractivity contribution >= 4 is 11.9 Å². The van der Waals surface area contributed by atoms with Gasteiger partial charge in [-0.15, -0.1) is 0 Å². The van der Waals surface area contributed by atoms with Crippen LogP contribution in [0.25, 0.3) is 0 Å². The number of carbonyl (C=O) groups is 2. The molecule has 5 atom stereocenters. The number of carboxylic acids is 1. The molecule has 2 N–H and O–H groups in total. The molecule has 5 nitrogen and oxygen atoms in total.